The third kappa shape index (κ3) is 13.5. The molecule has 4 amide bonds. The minimum atomic E-state index is -1.59. The number of amides is 4. The van der Waals surface area contributed by atoms with Crippen molar-refractivity contribution in [2.75, 3.05) is 6.61 Å². The zero-order chi connectivity index (χ0) is 39.7. The van der Waals surface area contributed by atoms with Crippen LogP contribution in [0.3, 0.4) is 0 Å². The maximum absolute atomic E-state index is 14.1. The number of nitrogens with zero attached hydrogens (tertiary/aromatic N) is 2. The van der Waals surface area contributed by atoms with Gasteiger partial charge in [0, 0.05) is 24.5 Å². The minimum absolute atomic E-state index is 0.0775. The quantitative estimate of drug-likeness (QED) is 0.0850. The molecule has 1 aliphatic carbocycles. The average Bonchev–Trinajstić information content (AvgIpc) is 3.71. The molecule has 0 radical (unpaired) electrons. The van der Waals surface area contributed by atoms with Gasteiger partial charge >= 0.3 is 0 Å². The minimum Gasteiger partial charge on any atom is -0.484 e. The van der Waals surface area contributed by atoms with Crippen LogP contribution in [0.1, 0.15) is 84.0 Å². The van der Waals surface area contributed by atoms with E-state index >= 15 is 0 Å². The molecule has 14 nitrogen and oxygen atoms in total. The maximum Gasteiger partial charge on any atom is 0.258 e. The van der Waals surface area contributed by atoms with Crippen LogP contribution in [0.2, 0.25) is 0 Å². The van der Waals surface area contributed by atoms with Gasteiger partial charge in [0.1, 0.15) is 23.9 Å². The zero-order valence-corrected chi connectivity index (χ0v) is 32.4. The number of aliphatic hydroxyl groups excluding tert-OH is 2. The van der Waals surface area contributed by atoms with Crippen molar-refractivity contribution in [1.29, 1.82) is 0 Å². The fourth-order valence-electron chi connectivity index (χ4n) is 7.12. The Morgan fingerprint density at radius 1 is 0.891 bits per heavy atom. The first-order valence-electron chi connectivity index (χ1n) is 19.6. The molecule has 1 saturated carbocycles. The summed E-state index contributed by atoms with van der Waals surface area (Å²) in [6, 6.07) is 11.3. The third-order valence-electron chi connectivity index (χ3n) is 10.5. The average molecular weight is 762 g/mol. The standard InChI is InChI=1S/C41H59N7O7/c1-5-27(4)36(41(54)44-23-29-16-12-13-19-43-29)48-40(53)35(26(2)3)38(51)37(50)32(20-28-14-8-6-9-15-28)47-39(52)33(21-30-22-42-25-45-30)46-34(49)24-55-31-17-10-7-11-18-31/h7,10-13,16-19,22,25-28,32-33,35-38,50-51H,5-6,8-9,14-15,20-21,23-24H2,1-4H3,(H,42,45)(H,44,54)(H,46,49)(H,47,52)(H,48,53)/t27-,32-,33-,35+,36-,37+,38+/m0/s1. The van der Waals surface area contributed by atoms with Gasteiger partial charge in [0.2, 0.25) is 17.7 Å². The van der Waals surface area contributed by atoms with Gasteiger partial charge in [-0.2, -0.15) is 0 Å². The highest BCUT2D eigenvalue weighted by Crippen LogP contribution is 2.30. The maximum atomic E-state index is 14.1. The number of hydrogen-bond donors (Lipinski definition) is 7. The number of ether oxygens (including phenoxy) is 1. The van der Waals surface area contributed by atoms with Gasteiger partial charge in [-0.1, -0.05) is 90.5 Å². The van der Waals surface area contributed by atoms with Crippen LogP contribution in [-0.2, 0) is 32.1 Å². The third-order valence-corrected chi connectivity index (χ3v) is 10.5. The van der Waals surface area contributed by atoms with E-state index in [1.54, 1.807) is 62.6 Å². The molecular weight excluding hydrogens is 702 g/mol. The molecule has 0 aliphatic heterocycles. The van der Waals surface area contributed by atoms with E-state index in [1.165, 1.54) is 6.33 Å². The first-order chi connectivity index (χ1) is 26.5. The Morgan fingerprint density at radius 2 is 1.62 bits per heavy atom. The van der Waals surface area contributed by atoms with Crippen molar-refractivity contribution in [3.8, 4) is 5.75 Å². The number of para-hydroxylation sites is 1. The van der Waals surface area contributed by atoms with Crippen molar-refractivity contribution in [3.63, 3.8) is 0 Å². The SMILES string of the molecule is CC[C@H](C)[C@H](NC(=O)[C@H](C(C)C)[C@@H](O)[C@H](O)[C@H](CC1CCCCC1)NC(=O)[C@H](Cc1cnc[nH]1)NC(=O)COc1ccccc1)C(=O)NCc1ccccn1. The molecule has 0 unspecified atom stereocenters. The summed E-state index contributed by atoms with van der Waals surface area (Å²) in [5.74, 6) is -3.18. The lowest BCUT2D eigenvalue weighted by atomic mass is 9.79. The number of nitrogens with one attached hydrogen (secondary N) is 5. The van der Waals surface area contributed by atoms with E-state index in [1.807, 2.05) is 26.0 Å². The molecule has 1 aromatic carbocycles. The van der Waals surface area contributed by atoms with Gasteiger partial charge in [-0.25, -0.2) is 4.98 Å². The predicted octanol–water partition coefficient (Wildman–Crippen LogP) is 3.21. The van der Waals surface area contributed by atoms with E-state index in [-0.39, 0.29) is 37.3 Å². The Labute approximate surface area is 324 Å². The number of imidazole rings is 1. The van der Waals surface area contributed by atoms with Gasteiger partial charge in [-0.05, 0) is 48.4 Å². The van der Waals surface area contributed by atoms with Crippen molar-refractivity contribution in [1.82, 2.24) is 36.2 Å². The van der Waals surface area contributed by atoms with Crippen LogP contribution in [0.4, 0.5) is 0 Å². The summed E-state index contributed by atoms with van der Waals surface area (Å²) in [6.45, 7) is 7.17. The highest BCUT2D eigenvalue weighted by molar-refractivity contribution is 5.89. The van der Waals surface area contributed by atoms with Crippen LogP contribution in [-0.4, -0.2) is 85.7 Å². The van der Waals surface area contributed by atoms with Crippen molar-refractivity contribution in [2.45, 2.75) is 116 Å². The number of aromatic amines is 1. The Bertz CT molecular complexity index is 1600. The van der Waals surface area contributed by atoms with Gasteiger partial charge in [0.05, 0.1) is 36.6 Å². The molecule has 0 bridgehead atoms. The van der Waals surface area contributed by atoms with Gasteiger partial charge < -0.3 is 41.2 Å². The van der Waals surface area contributed by atoms with Crippen LogP contribution in [0.25, 0.3) is 0 Å². The molecule has 2 aromatic heterocycles. The second-order valence-electron chi connectivity index (χ2n) is 15.0. The summed E-state index contributed by atoms with van der Waals surface area (Å²) in [7, 11) is 0. The lowest BCUT2D eigenvalue weighted by Gasteiger charge is -2.37. The van der Waals surface area contributed by atoms with Gasteiger partial charge in [-0.15, -0.1) is 0 Å². The molecule has 7 atom stereocenters. The fraction of sp³-hybridized carbons (Fsp3) is 0.561. The van der Waals surface area contributed by atoms with Gasteiger partial charge in [0.15, 0.2) is 6.61 Å². The van der Waals surface area contributed by atoms with Crippen molar-refractivity contribution < 1.29 is 34.1 Å². The Hall–Kier alpha value is -4.82. The monoisotopic (exact) mass is 761 g/mol. The van der Waals surface area contributed by atoms with Crippen molar-refractivity contribution in [2.24, 2.45) is 23.7 Å². The number of carbonyl (C=O) groups excluding carboxylic acids is 4. The number of aromatic nitrogens is 3. The highest BCUT2D eigenvalue weighted by atomic mass is 16.5. The smallest absolute Gasteiger partial charge is 0.258 e. The number of carbonyl (C=O) groups is 4. The molecule has 2 heterocycles. The number of rotatable bonds is 21. The van der Waals surface area contributed by atoms with Crippen LogP contribution >= 0.6 is 0 Å². The fourth-order valence-corrected chi connectivity index (χ4v) is 7.12. The molecular formula is C41H59N7O7. The molecule has 300 valence electrons. The molecule has 4 rings (SSSR count). The second-order valence-corrected chi connectivity index (χ2v) is 15.0. The van der Waals surface area contributed by atoms with Crippen LogP contribution in [0, 0.1) is 23.7 Å². The number of H-pyrrole nitrogens is 1. The van der Waals surface area contributed by atoms with Crippen LogP contribution in [0.15, 0.2) is 67.3 Å². The normalized spacial score (nSPS) is 17.1. The summed E-state index contributed by atoms with van der Waals surface area (Å²) in [5, 5.41) is 35.2. The van der Waals surface area contributed by atoms with Crippen LogP contribution in [0.5, 0.6) is 5.75 Å². The molecule has 55 heavy (non-hydrogen) atoms. The topological polar surface area (TPSA) is 208 Å². The van der Waals surface area contributed by atoms with E-state index in [4.69, 9.17) is 4.74 Å². The summed E-state index contributed by atoms with van der Waals surface area (Å²) in [5.41, 5.74) is 1.27. The molecule has 3 aromatic rings. The van der Waals surface area contributed by atoms with Crippen molar-refractivity contribution >= 4 is 23.6 Å². The van der Waals surface area contributed by atoms with E-state index < -0.39 is 59.9 Å². The lowest BCUT2D eigenvalue weighted by Crippen LogP contribution is -2.59. The summed E-state index contributed by atoms with van der Waals surface area (Å²) < 4.78 is 5.60. The van der Waals surface area contributed by atoms with E-state index in [0.717, 1.165) is 32.1 Å². The van der Waals surface area contributed by atoms with Crippen LogP contribution < -0.4 is 26.0 Å². The van der Waals surface area contributed by atoms with E-state index in [0.29, 0.717) is 30.0 Å². The summed E-state index contributed by atoms with van der Waals surface area (Å²) >= 11 is 0. The summed E-state index contributed by atoms with van der Waals surface area (Å²) in [6.07, 6.45) is 7.50. The number of benzene rings is 1. The molecule has 0 spiro atoms. The number of aliphatic hydroxyl groups is 2. The van der Waals surface area contributed by atoms with E-state index in [2.05, 4.69) is 36.2 Å². The van der Waals surface area contributed by atoms with Gasteiger partial charge in [0.25, 0.3) is 5.91 Å². The number of pyridine rings is 1. The molecule has 0 saturated heterocycles. The lowest BCUT2D eigenvalue weighted by molar-refractivity contribution is -0.141. The second kappa shape index (κ2) is 21.9. The Kier molecular flexibility index (Phi) is 17.1. The molecule has 7 N–H and O–H groups in total. The Morgan fingerprint density at radius 3 is 2.25 bits per heavy atom. The van der Waals surface area contributed by atoms with E-state index in [9.17, 15) is 29.4 Å². The van der Waals surface area contributed by atoms with Crippen molar-refractivity contribution in [3.05, 3.63) is 78.6 Å². The molecule has 1 aliphatic rings. The molecule has 1 fully saturated rings. The summed E-state index contributed by atoms with van der Waals surface area (Å²) in [4.78, 5) is 65.8. The first kappa shape index (κ1) is 42.9. The first-order valence-corrected chi connectivity index (χ1v) is 19.6. The largest absolute Gasteiger partial charge is 0.484 e. The highest BCUT2D eigenvalue weighted by Gasteiger charge is 2.41. The Balaban J connectivity index is 1.51. The van der Waals surface area contributed by atoms with Gasteiger partial charge in [-0.3, -0.25) is 24.2 Å². The predicted molar refractivity (Wildman–Crippen MR) is 207 cm³/mol. The number of hydrogen-bond acceptors (Lipinski definition) is 9. The molecule has 14 heteroatoms. The zero-order valence-electron chi connectivity index (χ0n) is 32.4.